The number of nitrogens with zero attached hydrogens (tertiary/aromatic N) is 3. The Bertz CT molecular complexity index is 297. The van der Waals surface area contributed by atoms with Gasteiger partial charge in [0.05, 0.1) is 13.2 Å². The van der Waals surface area contributed by atoms with Gasteiger partial charge in [0.2, 0.25) is 5.96 Å². The van der Waals surface area contributed by atoms with Crippen molar-refractivity contribution in [3.63, 3.8) is 0 Å². The molecule has 0 aliphatic heterocycles. The lowest BCUT2D eigenvalue weighted by molar-refractivity contribution is 0.208. The van der Waals surface area contributed by atoms with Crippen molar-refractivity contribution < 1.29 is 4.74 Å². The summed E-state index contributed by atoms with van der Waals surface area (Å²) in [5, 5.41) is 9.56. The van der Waals surface area contributed by atoms with Crippen LogP contribution in [0.3, 0.4) is 0 Å². The second-order valence-electron chi connectivity index (χ2n) is 2.98. The van der Waals surface area contributed by atoms with Gasteiger partial charge in [-0.15, -0.1) is 0 Å². The lowest BCUT2D eigenvalue weighted by Gasteiger charge is -2.07. The van der Waals surface area contributed by atoms with E-state index < -0.39 is 0 Å². The zero-order valence-corrected chi connectivity index (χ0v) is 9.23. The Kier molecular flexibility index (Phi) is 5.89. The summed E-state index contributed by atoms with van der Waals surface area (Å²) in [5.41, 5.74) is 2.48. The van der Waals surface area contributed by atoms with Gasteiger partial charge in [-0.2, -0.15) is 5.10 Å². The van der Waals surface area contributed by atoms with Crippen molar-refractivity contribution in [3.8, 4) is 0 Å². The number of nitrogens with two attached hydrogens (primary N) is 1. The molecule has 0 aromatic carbocycles. The van der Waals surface area contributed by atoms with Crippen molar-refractivity contribution in [3.05, 3.63) is 12.2 Å². The zero-order chi connectivity index (χ0) is 11.6. The van der Waals surface area contributed by atoms with Crippen LogP contribution in [-0.2, 0) is 11.2 Å². The van der Waals surface area contributed by atoms with E-state index in [9.17, 15) is 0 Å². The number of aliphatic imine (C=N–C) groups is 1. The molecule has 0 radical (unpaired) electrons. The topological polar surface area (TPSA) is 113 Å². The molecule has 0 bridgehead atoms. The third-order valence-corrected chi connectivity index (χ3v) is 1.82. The number of guanidine groups is 1. The number of ether oxygens (including phenoxy) is 1. The average molecular weight is 227 g/mol. The largest absolute Gasteiger partial charge is 0.383 e. The Morgan fingerprint density at radius 3 is 3.19 bits per heavy atom. The molecule has 8 nitrogen and oxygen atoms in total. The molecule has 0 aliphatic carbocycles. The number of rotatable bonds is 6. The Hall–Kier alpha value is -1.67. The van der Waals surface area contributed by atoms with Crippen LogP contribution in [0.4, 0.5) is 0 Å². The Labute approximate surface area is 93.7 Å². The molecular formula is C8H17N7O. The Morgan fingerprint density at radius 1 is 1.69 bits per heavy atom. The maximum atomic E-state index is 5.29. The molecule has 0 fully saturated rings. The van der Waals surface area contributed by atoms with Crippen molar-refractivity contribution >= 4 is 5.96 Å². The molecule has 0 saturated carbocycles. The van der Waals surface area contributed by atoms with Crippen LogP contribution in [0.25, 0.3) is 0 Å². The van der Waals surface area contributed by atoms with Gasteiger partial charge < -0.3 is 10.1 Å². The van der Waals surface area contributed by atoms with Gasteiger partial charge in [-0.05, 0) is 0 Å². The summed E-state index contributed by atoms with van der Waals surface area (Å²) in [4.78, 5) is 8.15. The Balaban J connectivity index is 2.20. The van der Waals surface area contributed by atoms with E-state index in [1.165, 1.54) is 6.33 Å². The molecule has 0 unspecified atom stereocenters. The maximum absolute atomic E-state index is 5.29. The molecule has 0 amide bonds. The molecule has 1 heterocycles. The predicted octanol–water partition coefficient (Wildman–Crippen LogP) is -1.60. The van der Waals surface area contributed by atoms with Crippen LogP contribution in [0.1, 0.15) is 5.82 Å². The summed E-state index contributed by atoms with van der Waals surface area (Å²) in [7, 11) is 1.63. The fourth-order valence-corrected chi connectivity index (χ4v) is 1.05. The SMILES string of the molecule is COCCN=C(NN)NCCc1ncn[nH]1. The van der Waals surface area contributed by atoms with Crippen molar-refractivity contribution in [2.75, 3.05) is 26.8 Å². The first-order valence-electron chi connectivity index (χ1n) is 4.95. The first-order valence-corrected chi connectivity index (χ1v) is 4.95. The standard InChI is InChI=1S/C8H17N7O/c1-16-5-4-11-8(14-9)10-3-2-7-12-6-13-15-7/h6H,2-5,9H2,1H3,(H2,10,11,14)(H,12,13,15). The fraction of sp³-hybridized carbons (Fsp3) is 0.625. The fourth-order valence-electron chi connectivity index (χ4n) is 1.05. The van der Waals surface area contributed by atoms with Gasteiger partial charge in [-0.1, -0.05) is 0 Å². The van der Waals surface area contributed by atoms with E-state index in [0.29, 0.717) is 25.7 Å². The van der Waals surface area contributed by atoms with Gasteiger partial charge >= 0.3 is 0 Å². The van der Waals surface area contributed by atoms with Crippen LogP contribution in [0.2, 0.25) is 0 Å². The van der Waals surface area contributed by atoms with Crippen LogP contribution < -0.4 is 16.6 Å². The smallest absolute Gasteiger partial charge is 0.205 e. The van der Waals surface area contributed by atoms with Gasteiger partial charge in [0, 0.05) is 20.1 Å². The minimum Gasteiger partial charge on any atom is -0.383 e. The molecule has 0 spiro atoms. The molecule has 1 aromatic heterocycles. The molecular weight excluding hydrogens is 210 g/mol. The van der Waals surface area contributed by atoms with E-state index in [-0.39, 0.29) is 0 Å². The summed E-state index contributed by atoms with van der Waals surface area (Å²) in [6.45, 7) is 1.80. The first-order chi connectivity index (χ1) is 7.86. The molecule has 1 rings (SSSR count). The van der Waals surface area contributed by atoms with E-state index >= 15 is 0 Å². The van der Waals surface area contributed by atoms with Crippen molar-refractivity contribution in [1.29, 1.82) is 0 Å². The highest BCUT2D eigenvalue weighted by atomic mass is 16.5. The monoisotopic (exact) mass is 227 g/mol. The summed E-state index contributed by atoms with van der Waals surface area (Å²) in [5.74, 6) is 6.65. The van der Waals surface area contributed by atoms with Crippen molar-refractivity contribution in [2.24, 2.45) is 10.8 Å². The number of hydrogen-bond acceptors (Lipinski definition) is 5. The van der Waals surface area contributed by atoms with Gasteiger partial charge in [0.1, 0.15) is 12.2 Å². The normalized spacial score (nSPS) is 11.5. The number of nitrogens with one attached hydrogen (secondary N) is 3. The minimum atomic E-state index is 0.538. The highest BCUT2D eigenvalue weighted by Gasteiger charge is 1.97. The number of aromatic nitrogens is 3. The summed E-state index contributed by atoms with van der Waals surface area (Å²) in [6.07, 6.45) is 2.20. The number of methoxy groups -OCH3 is 1. The molecule has 16 heavy (non-hydrogen) atoms. The first kappa shape index (κ1) is 12.4. The third kappa shape index (κ3) is 4.71. The predicted molar refractivity (Wildman–Crippen MR) is 59.6 cm³/mol. The van der Waals surface area contributed by atoms with Gasteiger partial charge in [-0.3, -0.25) is 10.5 Å². The second kappa shape index (κ2) is 7.60. The van der Waals surface area contributed by atoms with E-state index in [4.69, 9.17) is 10.6 Å². The molecule has 8 heteroatoms. The highest BCUT2D eigenvalue weighted by molar-refractivity contribution is 5.79. The average Bonchev–Trinajstić information content (AvgIpc) is 2.80. The maximum Gasteiger partial charge on any atom is 0.205 e. The number of hydrogen-bond donors (Lipinski definition) is 4. The minimum absolute atomic E-state index is 0.538. The van der Waals surface area contributed by atoms with Crippen molar-refractivity contribution in [2.45, 2.75) is 6.42 Å². The van der Waals surface area contributed by atoms with Crippen LogP contribution in [-0.4, -0.2) is 47.9 Å². The summed E-state index contributed by atoms with van der Waals surface area (Å²) < 4.78 is 4.87. The second-order valence-corrected chi connectivity index (χ2v) is 2.98. The zero-order valence-electron chi connectivity index (χ0n) is 9.23. The number of aromatic amines is 1. The highest BCUT2D eigenvalue weighted by Crippen LogP contribution is 1.85. The van der Waals surface area contributed by atoms with Crippen LogP contribution in [0.15, 0.2) is 11.3 Å². The van der Waals surface area contributed by atoms with Crippen molar-refractivity contribution in [1.82, 2.24) is 25.9 Å². The molecule has 0 saturated heterocycles. The van der Waals surface area contributed by atoms with E-state index in [1.807, 2.05) is 0 Å². The molecule has 90 valence electrons. The lowest BCUT2D eigenvalue weighted by Crippen LogP contribution is -2.42. The molecule has 0 aliphatic rings. The van der Waals surface area contributed by atoms with Gasteiger partial charge in [-0.25, -0.2) is 15.8 Å². The van der Waals surface area contributed by atoms with Crippen LogP contribution in [0.5, 0.6) is 0 Å². The van der Waals surface area contributed by atoms with E-state index in [0.717, 1.165) is 12.2 Å². The van der Waals surface area contributed by atoms with Gasteiger partial charge in [0.15, 0.2) is 0 Å². The van der Waals surface area contributed by atoms with E-state index in [2.05, 4.69) is 30.9 Å². The third-order valence-electron chi connectivity index (χ3n) is 1.82. The molecule has 1 aromatic rings. The number of hydrazine groups is 1. The van der Waals surface area contributed by atoms with E-state index in [1.54, 1.807) is 7.11 Å². The lowest BCUT2D eigenvalue weighted by atomic mass is 10.4. The summed E-state index contributed by atoms with van der Waals surface area (Å²) in [6, 6.07) is 0. The number of H-pyrrole nitrogens is 1. The molecule has 0 atom stereocenters. The van der Waals surface area contributed by atoms with Crippen LogP contribution >= 0.6 is 0 Å². The summed E-state index contributed by atoms with van der Waals surface area (Å²) >= 11 is 0. The Morgan fingerprint density at radius 2 is 2.56 bits per heavy atom. The molecule has 5 N–H and O–H groups in total. The van der Waals surface area contributed by atoms with Gasteiger partial charge in [0.25, 0.3) is 0 Å². The van der Waals surface area contributed by atoms with Crippen LogP contribution in [0, 0.1) is 0 Å². The quantitative estimate of drug-likeness (QED) is 0.153.